The van der Waals surface area contributed by atoms with Crippen molar-refractivity contribution in [2.45, 2.75) is 57.8 Å². The Morgan fingerprint density at radius 1 is 1.12 bits per heavy atom. The summed E-state index contributed by atoms with van der Waals surface area (Å²) >= 11 is 1.70. The Balaban J connectivity index is 0.000000306. The van der Waals surface area contributed by atoms with Gasteiger partial charge in [-0.1, -0.05) is 19.3 Å². The Bertz CT molecular complexity index is 839. The molecule has 2 aliphatic rings. The van der Waals surface area contributed by atoms with Crippen molar-refractivity contribution >= 4 is 22.4 Å². The van der Waals surface area contributed by atoms with Crippen LogP contribution >= 0.6 is 11.3 Å². The van der Waals surface area contributed by atoms with Gasteiger partial charge in [0.25, 0.3) is 0 Å². The third-order valence-electron chi connectivity index (χ3n) is 5.48. The van der Waals surface area contributed by atoms with Gasteiger partial charge in [0, 0.05) is 30.2 Å². The van der Waals surface area contributed by atoms with Crippen LogP contribution in [-0.2, 0) is 0 Å². The molecular weight excluding hydrogens is 340 g/mol. The van der Waals surface area contributed by atoms with Crippen LogP contribution in [0.5, 0.6) is 0 Å². The van der Waals surface area contributed by atoms with Crippen molar-refractivity contribution in [1.82, 2.24) is 20.3 Å². The van der Waals surface area contributed by atoms with Gasteiger partial charge in [0.15, 0.2) is 0 Å². The van der Waals surface area contributed by atoms with E-state index in [-0.39, 0.29) is 1.43 Å². The monoisotopic (exact) mass is 370 g/mol. The molecule has 4 nitrogen and oxygen atoms in total. The van der Waals surface area contributed by atoms with Crippen molar-refractivity contribution < 1.29 is 1.43 Å². The first kappa shape index (κ1) is 17.7. The highest BCUT2D eigenvalue weighted by Gasteiger charge is 2.18. The van der Waals surface area contributed by atoms with Crippen LogP contribution in [0.1, 0.15) is 62.9 Å². The predicted molar refractivity (Wildman–Crippen MR) is 112 cm³/mol. The zero-order valence-corrected chi connectivity index (χ0v) is 16.4. The second kappa shape index (κ2) is 8.31. The quantitative estimate of drug-likeness (QED) is 0.612. The van der Waals surface area contributed by atoms with E-state index in [9.17, 15) is 0 Å². The number of nitrogens with zero attached hydrogens (tertiary/aromatic N) is 2. The Kier molecular flexibility index (Phi) is 5.65. The molecule has 2 N–H and O–H groups in total. The van der Waals surface area contributed by atoms with Gasteiger partial charge in [-0.25, -0.2) is 9.97 Å². The van der Waals surface area contributed by atoms with Crippen LogP contribution in [-0.4, -0.2) is 28.0 Å². The van der Waals surface area contributed by atoms with Crippen LogP contribution in [0, 0.1) is 6.92 Å². The Morgan fingerprint density at radius 3 is 2.58 bits per heavy atom. The summed E-state index contributed by atoms with van der Waals surface area (Å²) in [7, 11) is 0. The van der Waals surface area contributed by atoms with Gasteiger partial charge in [-0.15, -0.1) is 11.3 Å². The van der Waals surface area contributed by atoms with Crippen molar-refractivity contribution in [2.75, 3.05) is 13.1 Å². The lowest BCUT2D eigenvalue weighted by Crippen LogP contribution is -2.04. The lowest BCUT2D eigenvalue weighted by Gasteiger charge is -2.21. The fourth-order valence-electron chi connectivity index (χ4n) is 4.00. The molecule has 3 aromatic rings. The highest BCUT2D eigenvalue weighted by Crippen LogP contribution is 2.35. The first-order valence-electron chi connectivity index (χ1n) is 9.91. The summed E-state index contributed by atoms with van der Waals surface area (Å²) in [6.07, 6.45) is 13.6. The first-order valence-corrected chi connectivity index (χ1v) is 10.8. The van der Waals surface area contributed by atoms with Gasteiger partial charge in [0.05, 0.1) is 10.7 Å². The van der Waals surface area contributed by atoms with Gasteiger partial charge in [-0.2, -0.15) is 0 Å². The molecule has 0 radical (unpaired) electrons. The number of hydrogen-bond donors (Lipinski definition) is 2. The first-order chi connectivity index (χ1) is 12.8. The number of thiazole rings is 1. The van der Waals surface area contributed by atoms with E-state index in [1.54, 1.807) is 11.3 Å². The number of pyridine rings is 1. The average Bonchev–Trinajstić information content (AvgIpc) is 3.44. The van der Waals surface area contributed by atoms with E-state index >= 15 is 0 Å². The molecule has 5 heteroatoms. The number of aromatic amines is 1. The van der Waals surface area contributed by atoms with Gasteiger partial charge < -0.3 is 10.3 Å². The van der Waals surface area contributed by atoms with E-state index in [0.717, 1.165) is 16.3 Å². The minimum Gasteiger partial charge on any atom is -0.345 e. The Labute approximate surface area is 161 Å². The predicted octanol–water partition coefficient (Wildman–Crippen LogP) is 5.66. The Hall–Kier alpha value is -1.72. The molecule has 1 aliphatic carbocycles. The smallest absolute Gasteiger partial charge is 0.137 e. The number of fused-ring (bicyclic) bond motifs is 1. The molecule has 1 saturated heterocycles. The summed E-state index contributed by atoms with van der Waals surface area (Å²) in [5.41, 5.74) is 4.61. The van der Waals surface area contributed by atoms with Crippen molar-refractivity contribution in [2.24, 2.45) is 0 Å². The van der Waals surface area contributed by atoms with Gasteiger partial charge >= 0.3 is 0 Å². The minimum atomic E-state index is 0. The second-order valence-corrected chi connectivity index (χ2v) is 8.47. The molecule has 0 atom stereocenters. The lowest BCUT2D eigenvalue weighted by molar-refractivity contribution is 0.443. The summed E-state index contributed by atoms with van der Waals surface area (Å²) in [6.45, 7) is 4.55. The van der Waals surface area contributed by atoms with E-state index in [1.165, 1.54) is 74.5 Å². The van der Waals surface area contributed by atoms with Crippen molar-refractivity contribution in [3.8, 4) is 11.3 Å². The van der Waals surface area contributed by atoms with E-state index < -0.39 is 0 Å². The molecule has 0 spiro atoms. The van der Waals surface area contributed by atoms with Crippen LogP contribution in [0.4, 0.5) is 0 Å². The molecule has 1 aliphatic heterocycles. The molecular formula is C21H30N4S. The van der Waals surface area contributed by atoms with E-state index in [2.05, 4.69) is 44.8 Å². The summed E-state index contributed by atoms with van der Waals surface area (Å²) in [6, 6.07) is 2.33. The number of H-pyrrole nitrogens is 1. The third-order valence-corrected chi connectivity index (χ3v) is 6.25. The molecule has 26 heavy (non-hydrogen) atoms. The standard InChI is InChI=1S/C17H19N3S.C4H9N.H2/c1-11-20-16(10-21-11)15-9-19-17-14(15)7-13(8-18-17)12-5-3-2-4-6-12;1-2-4-5-3-1;/h7-10,12H,2-6H2,1H3,(H,18,19);5H,1-4H2;1H. The van der Waals surface area contributed by atoms with Crippen LogP contribution in [0.3, 0.4) is 0 Å². The zero-order valence-electron chi connectivity index (χ0n) is 15.6. The number of hydrogen-bond acceptors (Lipinski definition) is 4. The molecule has 0 bridgehead atoms. The zero-order chi connectivity index (χ0) is 17.8. The number of aryl methyl sites for hydroxylation is 1. The summed E-state index contributed by atoms with van der Waals surface area (Å²) in [5.74, 6) is 0.690. The van der Waals surface area contributed by atoms with Gasteiger partial charge in [0.2, 0.25) is 0 Å². The summed E-state index contributed by atoms with van der Waals surface area (Å²) < 4.78 is 0. The molecule has 0 amide bonds. The maximum atomic E-state index is 4.63. The lowest BCUT2D eigenvalue weighted by atomic mass is 9.84. The summed E-state index contributed by atoms with van der Waals surface area (Å²) in [4.78, 5) is 12.5. The highest BCUT2D eigenvalue weighted by atomic mass is 32.1. The van der Waals surface area contributed by atoms with Crippen molar-refractivity contribution in [1.29, 1.82) is 0 Å². The topological polar surface area (TPSA) is 53.6 Å². The van der Waals surface area contributed by atoms with Crippen LogP contribution in [0.2, 0.25) is 0 Å². The molecule has 3 aromatic heterocycles. The van der Waals surface area contributed by atoms with Gasteiger partial charge in [0.1, 0.15) is 5.65 Å². The highest BCUT2D eigenvalue weighted by molar-refractivity contribution is 7.09. The fourth-order valence-corrected chi connectivity index (χ4v) is 4.62. The molecule has 0 unspecified atom stereocenters. The molecule has 0 aromatic carbocycles. The SMILES string of the molecule is C1CCNC1.Cc1nc(-c2c[nH]c3ncc(C4CCCCC4)cc23)cs1.[HH]. The second-order valence-electron chi connectivity index (χ2n) is 7.41. The maximum absolute atomic E-state index is 4.63. The van der Waals surface area contributed by atoms with E-state index in [4.69, 9.17) is 0 Å². The van der Waals surface area contributed by atoms with Crippen LogP contribution < -0.4 is 5.32 Å². The minimum absolute atomic E-state index is 0. The molecule has 2 fully saturated rings. The summed E-state index contributed by atoms with van der Waals surface area (Å²) in [5, 5.41) is 7.67. The van der Waals surface area contributed by atoms with Crippen molar-refractivity contribution in [3.05, 3.63) is 34.4 Å². The number of aromatic nitrogens is 3. The van der Waals surface area contributed by atoms with E-state index in [0.29, 0.717) is 5.92 Å². The molecule has 1 saturated carbocycles. The third kappa shape index (κ3) is 3.99. The molecule has 4 heterocycles. The van der Waals surface area contributed by atoms with Crippen LogP contribution in [0.15, 0.2) is 23.8 Å². The van der Waals surface area contributed by atoms with Crippen LogP contribution in [0.25, 0.3) is 22.3 Å². The average molecular weight is 371 g/mol. The van der Waals surface area contributed by atoms with Crippen molar-refractivity contribution in [3.63, 3.8) is 0 Å². The molecule has 5 rings (SSSR count). The van der Waals surface area contributed by atoms with E-state index in [1.807, 2.05) is 6.20 Å². The fraction of sp³-hybridized carbons (Fsp3) is 0.524. The largest absolute Gasteiger partial charge is 0.345 e. The number of nitrogens with one attached hydrogen (secondary N) is 2. The normalized spacial score (nSPS) is 18.0. The number of rotatable bonds is 2. The van der Waals surface area contributed by atoms with Gasteiger partial charge in [-0.05, 0) is 63.2 Å². The maximum Gasteiger partial charge on any atom is 0.137 e. The van der Waals surface area contributed by atoms with Gasteiger partial charge in [-0.3, -0.25) is 0 Å². The Morgan fingerprint density at radius 2 is 1.92 bits per heavy atom. The molecule has 140 valence electrons.